The molecule has 0 aromatic heterocycles. The summed E-state index contributed by atoms with van der Waals surface area (Å²) in [5, 5.41) is 0. The molecule has 6 nitrogen and oxygen atoms in total. The second kappa shape index (κ2) is 19.3. The van der Waals surface area contributed by atoms with Gasteiger partial charge in [0.25, 0.3) is 0 Å². The molecule has 0 heterocycles. The molecule has 4 aliphatic carbocycles. The molecule has 0 bridgehead atoms. The first kappa shape index (κ1) is 49.1. The summed E-state index contributed by atoms with van der Waals surface area (Å²) < 4.78 is 119. The number of rotatable bonds is 10. The van der Waals surface area contributed by atoms with Gasteiger partial charge >= 0.3 is 259 Å². The maximum Gasteiger partial charge on any atom is 0.485 e. The van der Waals surface area contributed by atoms with Crippen molar-refractivity contribution in [3.63, 3.8) is 0 Å². The number of hydrogen-bond acceptors (Lipinski definition) is 6. The molecule has 4 unspecified atom stereocenters. The molecule has 0 aliphatic heterocycles. The molecule has 0 saturated heterocycles. The Kier molecular flexibility index (Phi) is 18.2. The Morgan fingerprint density at radius 3 is 1.15 bits per heavy atom. The standard InChI is InChI=1S/2C10H15.2C7H9.2CHF3O3S.2Zr/c2*1-3-4-5-10-7-6-9(2)8-10;2*1-6-3-4-7(2)5-6;2*2-1(3,4)8(5,6)7;;/h2*6-8H,3-5H2,1-2H3;2*3-5H,1-2H3;2*(H,5,6,7);;/q;;;;;;;+2/p-2. The van der Waals surface area contributed by atoms with Gasteiger partial charge in [-0.2, -0.15) is 26.3 Å². The number of hydrogen-bond donors (Lipinski definition) is 0. The predicted octanol–water partition coefficient (Wildman–Crippen LogP) is 11.4. The number of alkyl halides is 6. The second-order valence-electron chi connectivity index (χ2n) is 13.9. The largest absolute Gasteiger partial charge is 0.741 e. The van der Waals surface area contributed by atoms with Crippen LogP contribution in [0.4, 0.5) is 26.3 Å². The Labute approximate surface area is 329 Å². The van der Waals surface area contributed by atoms with Crippen LogP contribution < -0.4 is 0 Å². The van der Waals surface area contributed by atoms with Crippen molar-refractivity contribution in [1.29, 1.82) is 0 Å². The number of allylic oxidation sites excluding steroid dienone is 16. The summed E-state index contributed by atoms with van der Waals surface area (Å²) in [6.45, 7) is 18.7. The van der Waals surface area contributed by atoms with Gasteiger partial charge in [-0.05, 0) is 0 Å². The zero-order valence-electron chi connectivity index (χ0n) is 30.7. The predicted molar refractivity (Wildman–Crippen MR) is 184 cm³/mol. The molecule has 16 heteroatoms. The average Bonchev–Trinajstić information content (AvgIpc) is 3.71. The van der Waals surface area contributed by atoms with E-state index in [1.807, 2.05) is 0 Å². The molecule has 4 atom stereocenters. The van der Waals surface area contributed by atoms with Gasteiger partial charge in [0.15, 0.2) is 20.2 Å². The number of halogens is 6. The van der Waals surface area contributed by atoms with Crippen molar-refractivity contribution in [2.75, 3.05) is 0 Å². The minimum absolute atomic E-state index is 0.405. The quantitative estimate of drug-likeness (QED) is 0.122. The van der Waals surface area contributed by atoms with E-state index in [2.05, 4.69) is 128 Å². The maximum atomic E-state index is 10.7. The summed E-state index contributed by atoms with van der Waals surface area (Å²) in [4.78, 5) is 0. The van der Waals surface area contributed by atoms with E-state index in [4.69, 9.17) is 25.9 Å². The fraction of sp³-hybridized carbons (Fsp3) is 0.556. The Hall–Kier alpha value is -0.914. The molecule has 290 valence electrons. The Balaban J connectivity index is 0.000000380. The molecule has 4 aliphatic rings. The van der Waals surface area contributed by atoms with Crippen LogP contribution >= 0.6 is 0 Å². The third kappa shape index (κ3) is 17.3. The van der Waals surface area contributed by atoms with Crippen LogP contribution in [0.1, 0.15) is 93.9 Å². The van der Waals surface area contributed by atoms with Crippen LogP contribution in [0.2, 0.25) is 12.5 Å². The molecule has 0 aromatic rings. The molecule has 0 amide bonds. The van der Waals surface area contributed by atoms with E-state index in [1.165, 1.54) is 49.7 Å². The van der Waals surface area contributed by atoms with Crippen molar-refractivity contribution < 1.29 is 98.8 Å². The van der Waals surface area contributed by atoms with Crippen LogP contribution in [0, 0.1) is 0 Å². The van der Waals surface area contributed by atoms with Crippen LogP contribution in [-0.4, -0.2) is 37.0 Å². The van der Waals surface area contributed by atoms with Crippen LogP contribution in [-0.2, 0) is 66.7 Å². The third-order valence-corrected chi connectivity index (χ3v) is 17.5. The van der Waals surface area contributed by atoms with E-state index >= 15 is 0 Å². The van der Waals surface area contributed by atoms with Gasteiger partial charge in [0.05, 0.1) is 0 Å². The average molecular weight is 937 g/mol. The zero-order chi connectivity index (χ0) is 40.5. The second-order valence-corrected chi connectivity index (χ2v) is 28.5. The van der Waals surface area contributed by atoms with Gasteiger partial charge in [-0.3, -0.25) is 0 Å². The SMILES string of the molecule is CC1=C[C](C)([Zr][C]2(C)C=CC(C)=C2)C=C1.CCCCC1=C[C](C)([Zr+2][C]2(C)C=CC(CCCC)=C2)C=C1.O=S(=O)([O-])C(F)(F)F.O=S(=O)([O-])C(F)(F)F. The Bertz CT molecular complexity index is 1600. The first-order chi connectivity index (χ1) is 23.4. The summed E-state index contributed by atoms with van der Waals surface area (Å²) in [6, 6.07) is 0. The molecule has 0 saturated carbocycles. The van der Waals surface area contributed by atoms with Crippen LogP contribution in [0.25, 0.3) is 0 Å². The fourth-order valence-electron chi connectivity index (χ4n) is 5.81. The maximum absolute atomic E-state index is 10.7. The molecular weight excluding hydrogens is 889 g/mol. The summed E-state index contributed by atoms with van der Waals surface area (Å²) in [5.74, 6) is 0. The van der Waals surface area contributed by atoms with Gasteiger partial charge in [0.2, 0.25) is 0 Å². The van der Waals surface area contributed by atoms with Crippen molar-refractivity contribution in [1.82, 2.24) is 0 Å². The van der Waals surface area contributed by atoms with Gasteiger partial charge in [0, 0.05) is 0 Å². The van der Waals surface area contributed by atoms with Crippen molar-refractivity contribution in [2.45, 2.75) is 117 Å². The summed E-state index contributed by atoms with van der Waals surface area (Å²) in [7, 11) is -12.2. The van der Waals surface area contributed by atoms with Gasteiger partial charge in [-0.1, -0.05) is 0 Å². The van der Waals surface area contributed by atoms with E-state index < -0.39 is 77.7 Å². The van der Waals surface area contributed by atoms with Crippen LogP contribution in [0.5, 0.6) is 0 Å². The van der Waals surface area contributed by atoms with E-state index in [0.29, 0.717) is 12.5 Å². The molecule has 4 rings (SSSR count). The van der Waals surface area contributed by atoms with Crippen molar-refractivity contribution >= 4 is 20.2 Å². The van der Waals surface area contributed by atoms with E-state index in [9.17, 15) is 26.3 Å². The normalized spacial score (nSPS) is 27.6. The van der Waals surface area contributed by atoms with Gasteiger partial charge in [0.1, 0.15) is 0 Å². The van der Waals surface area contributed by atoms with Crippen molar-refractivity contribution in [3.8, 4) is 0 Å². The van der Waals surface area contributed by atoms with E-state index in [0.717, 1.165) is 0 Å². The molecule has 0 radical (unpaired) electrons. The van der Waals surface area contributed by atoms with E-state index in [1.54, 1.807) is 11.1 Å². The molecule has 0 N–H and O–H groups in total. The monoisotopic (exact) mass is 934 g/mol. The molecular formula is C36H48F6O6S2Zr2. The smallest absolute Gasteiger partial charge is 0.485 e. The molecule has 0 fully saturated rings. The first-order valence-corrected chi connectivity index (χ1v) is 24.3. The molecule has 0 aromatic carbocycles. The molecule has 52 heavy (non-hydrogen) atoms. The first-order valence-electron chi connectivity index (χ1n) is 16.6. The molecule has 0 spiro atoms. The fourth-order valence-corrected chi connectivity index (χ4v) is 15.9. The summed E-state index contributed by atoms with van der Waals surface area (Å²) in [6.07, 6.45) is 37.1. The van der Waals surface area contributed by atoms with E-state index in [-0.39, 0.29) is 0 Å². The van der Waals surface area contributed by atoms with Crippen molar-refractivity contribution in [3.05, 3.63) is 95.2 Å². The topological polar surface area (TPSA) is 114 Å². The van der Waals surface area contributed by atoms with Gasteiger partial charge in [-0.15, -0.1) is 0 Å². The third-order valence-electron chi connectivity index (χ3n) is 7.98. The van der Waals surface area contributed by atoms with Crippen LogP contribution in [0.3, 0.4) is 0 Å². The van der Waals surface area contributed by atoms with Crippen LogP contribution in [0.15, 0.2) is 95.2 Å². The Morgan fingerprint density at radius 2 is 0.923 bits per heavy atom. The minimum atomic E-state index is -6.09. The van der Waals surface area contributed by atoms with Gasteiger partial charge < -0.3 is 9.11 Å². The Morgan fingerprint density at radius 1 is 0.615 bits per heavy atom. The summed E-state index contributed by atoms with van der Waals surface area (Å²) >= 11 is -1.12. The van der Waals surface area contributed by atoms with Crippen molar-refractivity contribution in [2.24, 2.45) is 0 Å². The minimum Gasteiger partial charge on any atom is -0.741 e. The zero-order valence-corrected chi connectivity index (χ0v) is 37.3. The number of unbranched alkanes of at least 4 members (excludes halogenated alkanes) is 2. The summed E-state index contributed by atoms with van der Waals surface area (Å²) in [5.41, 5.74) is -5.25. The van der Waals surface area contributed by atoms with Gasteiger partial charge in [-0.25, -0.2) is 16.8 Å².